The Kier molecular flexibility index (Phi) is 3.28. The Balaban J connectivity index is 2.16. The summed E-state index contributed by atoms with van der Waals surface area (Å²) in [5, 5.41) is 0. The third-order valence-electron chi connectivity index (χ3n) is 3.00. The molecule has 1 saturated carbocycles. The molecule has 2 rings (SSSR count). The minimum absolute atomic E-state index is 0.0843. The molecule has 2 nitrogen and oxygen atoms in total. The predicted octanol–water partition coefficient (Wildman–Crippen LogP) is 3.24. The van der Waals surface area contributed by atoms with Crippen LogP contribution in [0.5, 0.6) is 5.75 Å². The number of aryl methyl sites for hydroxylation is 1. The predicted molar refractivity (Wildman–Crippen MR) is 64.0 cm³/mol. The first-order chi connectivity index (χ1) is 7.70. The van der Waals surface area contributed by atoms with Crippen molar-refractivity contribution >= 4 is 5.78 Å². The molecule has 0 aromatic heterocycles. The van der Waals surface area contributed by atoms with E-state index >= 15 is 0 Å². The van der Waals surface area contributed by atoms with Crippen LogP contribution in [0.4, 0.5) is 0 Å². The van der Waals surface area contributed by atoms with Gasteiger partial charge in [-0.3, -0.25) is 4.79 Å². The van der Waals surface area contributed by atoms with Gasteiger partial charge < -0.3 is 4.74 Å². The van der Waals surface area contributed by atoms with E-state index in [-0.39, 0.29) is 5.78 Å². The Morgan fingerprint density at radius 3 is 2.75 bits per heavy atom. The zero-order valence-corrected chi connectivity index (χ0v) is 9.95. The summed E-state index contributed by atoms with van der Waals surface area (Å²) in [5.41, 5.74) is 1.91. The second-order valence-corrected chi connectivity index (χ2v) is 4.49. The van der Waals surface area contributed by atoms with E-state index in [4.69, 9.17) is 4.74 Å². The molecule has 0 aliphatic heterocycles. The Labute approximate surface area is 96.6 Å². The van der Waals surface area contributed by atoms with Crippen LogP contribution in [-0.4, -0.2) is 12.4 Å². The number of hydrogen-bond acceptors (Lipinski definition) is 2. The summed E-state index contributed by atoms with van der Waals surface area (Å²) >= 11 is 0. The van der Waals surface area contributed by atoms with E-state index in [0.717, 1.165) is 24.3 Å². The summed E-state index contributed by atoms with van der Waals surface area (Å²) in [6.07, 6.45) is 3.48. The van der Waals surface area contributed by atoms with Gasteiger partial charge in [0, 0.05) is 0 Å². The van der Waals surface area contributed by atoms with Crippen molar-refractivity contribution in [1.29, 1.82) is 0 Å². The van der Waals surface area contributed by atoms with Gasteiger partial charge in [-0.05, 0) is 49.8 Å². The lowest BCUT2D eigenvalue weighted by Crippen LogP contribution is -2.04. The Hall–Kier alpha value is -1.31. The number of hydrogen-bond donors (Lipinski definition) is 0. The van der Waals surface area contributed by atoms with Crippen LogP contribution in [-0.2, 0) is 6.42 Å². The van der Waals surface area contributed by atoms with Crippen molar-refractivity contribution in [2.75, 3.05) is 6.61 Å². The molecule has 0 N–H and O–H groups in total. The first-order valence-corrected chi connectivity index (χ1v) is 5.97. The molecular weight excluding hydrogens is 200 g/mol. The van der Waals surface area contributed by atoms with E-state index in [2.05, 4.69) is 6.92 Å². The van der Waals surface area contributed by atoms with Crippen LogP contribution in [0.2, 0.25) is 0 Å². The van der Waals surface area contributed by atoms with E-state index < -0.39 is 0 Å². The number of carbonyl (C=O) groups excluding carboxylic acids is 1. The standard InChI is InChI=1S/C14H18O2/c1-3-11-6-7-14(13(8-11)10(2)15)16-9-12-4-5-12/h6-8,12H,3-5,9H2,1-2H3. The fourth-order valence-electron chi connectivity index (χ4n) is 1.69. The summed E-state index contributed by atoms with van der Waals surface area (Å²) in [6.45, 7) is 4.44. The molecule has 1 fully saturated rings. The van der Waals surface area contributed by atoms with Gasteiger partial charge in [-0.2, -0.15) is 0 Å². The molecule has 0 bridgehead atoms. The van der Waals surface area contributed by atoms with Gasteiger partial charge in [0.2, 0.25) is 0 Å². The number of rotatable bonds is 5. The molecule has 0 atom stereocenters. The van der Waals surface area contributed by atoms with E-state index in [9.17, 15) is 4.79 Å². The number of carbonyl (C=O) groups is 1. The van der Waals surface area contributed by atoms with Gasteiger partial charge in [0.05, 0.1) is 12.2 Å². The summed E-state index contributed by atoms with van der Waals surface area (Å²) in [4.78, 5) is 11.5. The summed E-state index contributed by atoms with van der Waals surface area (Å²) in [6, 6.07) is 5.91. The van der Waals surface area contributed by atoms with Crippen LogP contribution in [0, 0.1) is 5.92 Å². The second-order valence-electron chi connectivity index (χ2n) is 4.49. The molecule has 0 amide bonds. The first kappa shape index (κ1) is 11.2. The second kappa shape index (κ2) is 4.69. The van der Waals surface area contributed by atoms with Crippen LogP contribution in [0.3, 0.4) is 0 Å². The highest BCUT2D eigenvalue weighted by Crippen LogP contribution is 2.30. The van der Waals surface area contributed by atoms with Gasteiger partial charge in [-0.25, -0.2) is 0 Å². The Bertz CT molecular complexity index is 392. The summed E-state index contributed by atoms with van der Waals surface area (Å²) in [7, 11) is 0. The fraction of sp³-hybridized carbons (Fsp3) is 0.500. The van der Waals surface area contributed by atoms with Crippen molar-refractivity contribution in [3.05, 3.63) is 29.3 Å². The van der Waals surface area contributed by atoms with Crippen LogP contribution in [0.1, 0.15) is 42.6 Å². The number of Topliss-reactive ketones (excluding diaryl/α,β-unsaturated/α-hetero) is 1. The molecule has 2 heteroatoms. The lowest BCUT2D eigenvalue weighted by Gasteiger charge is -2.10. The van der Waals surface area contributed by atoms with Gasteiger partial charge in [-0.15, -0.1) is 0 Å². The lowest BCUT2D eigenvalue weighted by molar-refractivity contribution is 0.101. The van der Waals surface area contributed by atoms with Crippen LogP contribution in [0.15, 0.2) is 18.2 Å². The smallest absolute Gasteiger partial charge is 0.163 e. The van der Waals surface area contributed by atoms with Crippen molar-refractivity contribution in [2.24, 2.45) is 5.92 Å². The highest BCUT2D eigenvalue weighted by atomic mass is 16.5. The largest absolute Gasteiger partial charge is 0.493 e. The zero-order valence-electron chi connectivity index (χ0n) is 9.95. The molecular formula is C14H18O2. The van der Waals surface area contributed by atoms with Crippen molar-refractivity contribution < 1.29 is 9.53 Å². The Morgan fingerprint density at radius 1 is 1.44 bits per heavy atom. The fourth-order valence-corrected chi connectivity index (χ4v) is 1.69. The molecule has 0 heterocycles. The Morgan fingerprint density at radius 2 is 2.19 bits per heavy atom. The molecule has 1 aliphatic rings. The normalized spacial score (nSPS) is 14.9. The third kappa shape index (κ3) is 2.63. The monoisotopic (exact) mass is 218 g/mol. The van der Waals surface area contributed by atoms with Gasteiger partial charge in [0.25, 0.3) is 0 Å². The van der Waals surface area contributed by atoms with Crippen LogP contribution < -0.4 is 4.74 Å². The zero-order chi connectivity index (χ0) is 11.5. The van der Waals surface area contributed by atoms with Crippen molar-refractivity contribution in [1.82, 2.24) is 0 Å². The van der Waals surface area contributed by atoms with E-state index in [1.165, 1.54) is 18.4 Å². The number of ketones is 1. The van der Waals surface area contributed by atoms with Gasteiger partial charge in [0.1, 0.15) is 5.75 Å². The number of benzene rings is 1. The van der Waals surface area contributed by atoms with E-state index in [0.29, 0.717) is 5.92 Å². The van der Waals surface area contributed by atoms with Gasteiger partial charge >= 0.3 is 0 Å². The molecule has 0 spiro atoms. The average Bonchev–Trinajstić information content (AvgIpc) is 3.09. The van der Waals surface area contributed by atoms with Crippen LogP contribution in [0.25, 0.3) is 0 Å². The van der Waals surface area contributed by atoms with E-state index in [1.807, 2.05) is 18.2 Å². The van der Waals surface area contributed by atoms with Crippen molar-refractivity contribution in [3.63, 3.8) is 0 Å². The maximum absolute atomic E-state index is 11.5. The van der Waals surface area contributed by atoms with E-state index in [1.54, 1.807) is 6.92 Å². The maximum Gasteiger partial charge on any atom is 0.163 e. The molecule has 1 aromatic rings. The van der Waals surface area contributed by atoms with Crippen molar-refractivity contribution in [3.8, 4) is 5.75 Å². The number of ether oxygens (including phenoxy) is 1. The summed E-state index contributed by atoms with van der Waals surface area (Å²) in [5.74, 6) is 1.54. The molecule has 0 unspecified atom stereocenters. The highest BCUT2D eigenvalue weighted by Gasteiger charge is 2.22. The molecule has 16 heavy (non-hydrogen) atoms. The minimum atomic E-state index is 0.0843. The minimum Gasteiger partial charge on any atom is -0.493 e. The van der Waals surface area contributed by atoms with Gasteiger partial charge in [-0.1, -0.05) is 13.0 Å². The van der Waals surface area contributed by atoms with Gasteiger partial charge in [0.15, 0.2) is 5.78 Å². The SMILES string of the molecule is CCc1ccc(OCC2CC2)c(C(C)=O)c1. The molecule has 0 saturated heterocycles. The lowest BCUT2D eigenvalue weighted by atomic mass is 10.1. The molecule has 1 aromatic carbocycles. The maximum atomic E-state index is 11.5. The highest BCUT2D eigenvalue weighted by molar-refractivity contribution is 5.97. The first-order valence-electron chi connectivity index (χ1n) is 5.97. The van der Waals surface area contributed by atoms with Crippen LogP contribution >= 0.6 is 0 Å². The molecule has 1 aliphatic carbocycles. The average molecular weight is 218 g/mol. The summed E-state index contributed by atoms with van der Waals surface area (Å²) < 4.78 is 5.70. The molecule has 86 valence electrons. The quantitative estimate of drug-likeness (QED) is 0.709. The van der Waals surface area contributed by atoms with Crippen molar-refractivity contribution in [2.45, 2.75) is 33.1 Å². The topological polar surface area (TPSA) is 26.3 Å². The third-order valence-corrected chi connectivity index (χ3v) is 3.00. The molecule has 0 radical (unpaired) electrons.